The number of carbonyl (C=O) groups excluding carboxylic acids is 2. The third-order valence-electron chi connectivity index (χ3n) is 5.58. The van der Waals surface area contributed by atoms with Gasteiger partial charge in [0, 0.05) is 0 Å². The monoisotopic (exact) mass is 462 g/mol. The lowest BCUT2D eigenvalue weighted by molar-refractivity contribution is -0.144. The van der Waals surface area contributed by atoms with Crippen LogP contribution in [0.4, 0.5) is 0 Å². The zero-order chi connectivity index (χ0) is 25.1. The highest BCUT2D eigenvalue weighted by molar-refractivity contribution is 5.78. The molecule has 0 radical (unpaired) electrons. The fraction of sp³-hybridized carbons (Fsp3) is 0.400. The van der Waals surface area contributed by atoms with Crippen molar-refractivity contribution in [1.29, 1.82) is 0 Å². The number of benzene rings is 2. The van der Waals surface area contributed by atoms with Crippen LogP contribution in [-0.2, 0) is 31.9 Å². The van der Waals surface area contributed by atoms with E-state index in [0.29, 0.717) is 24.7 Å². The first kappa shape index (κ1) is 27.1. The Morgan fingerprint density at radius 1 is 0.647 bits per heavy atom. The van der Waals surface area contributed by atoms with Gasteiger partial charge in [-0.15, -0.1) is 0 Å². The van der Waals surface area contributed by atoms with Crippen LogP contribution in [0.2, 0.25) is 0 Å². The number of rotatable bonds is 11. The second-order valence-electron chi connectivity index (χ2n) is 9.55. The maximum Gasteiger partial charge on any atom is 0.311 e. The first-order valence-electron chi connectivity index (χ1n) is 12.0. The molecule has 0 aliphatic carbocycles. The fourth-order valence-corrected chi connectivity index (χ4v) is 3.42. The van der Waals surface area contributed by atoms with Crippen LogP contribution < -0.4 is 0 Å². The van der Waals surface area contributed by atoms with Crippen LogP contribution in [0.15, 0.2) is 72.2 Å². The van der Waals surface area contributed by atoms with E-state index in [0.717, 1.165) is 22.3 Å². The molecule has 0 spiro atoms. The fourth-order valence-electron chi connectivity index (χ4n) is 3.42. The minimum Gasteiger partial charge on any atom is -0.435 e. The molecule has 182 valence electrons. The van der Waals surface area contributed by atoms with Crippen molar-refractivity contribution < 1.29 is 19.1 Å². The van der Waals surface area contributed by atoms with E-state index in [1.165, 1.54) is 23.7 Å². The molecule has 0 heterocycles. The predicted octanol–water partition coefficient (Wildman–Crippen LogP) is 7.39. The summed E-state index contributed by atoms with van der Waals surface area (Å²) in [6.07, 6.45) is 4.32. The Kier molecular flexibility index (Phi) is 10.8. The smallest absolute Gasteiger partial charge is 0.311 e. The molecule has 0 amide bonds. The molecule has 4 nitrogen and oxygen atoms in total. The Morgan fingerprint density at radius 2 is 0.971 bits per heavy atom. The van der Waals surface area contributed by atoms with E-state index in [2.05, 4.69) is 76.2 Å². The van der Waals surface area contributed by atoms with Gasteiger partial charge in [0.25, 0.3) is 0 Å². The zero-order valence-electron chi connectivity index (χ0n) is 21.4. The highest BCUT2D eigenvalue weighted by atomic mass is 16.5. The molecular weight excluding hydrogens is 424 g/mol. The lowest BCUT2D eigenvalue weighted by atomic mass is 9.99. The van der Waals surface area contributed by atoms with Gasteiger partial charge in [-0.1, -0.05) is 76.2 Å². The molecule has 0 saturated heterocycles. The first-order valence-corrected chi connectivity index (χ1v) is 12.0. The number of hydrogen-bond donors (Lipinski definition) is 0. The largest absolute Gasteiger partial charge is 0.435 e. The first-order chi connectivity index (χ1) is 16.1. The van der Waals surface area contributed by atoms with Crippen molar-refractivity contribution in [2.45, 2.75) is 79.1 Å². The molecule has 34 heavy (non-hydrogen) atoms. The van der Waals surface area contributed by atoms with E-state index in [1.54, 1.807) is 0 Å². The standard InChI is InChI=1S/C30H38O4/c1-21(2)27-11-7-25(8-12-27)17-23(5)19-33-29(31)15-16-30(32)34-20-24(6)18-26-9-13-28(14-10-26)22(3)4/h7-14,19-22H,15-18H2,1-6H3. The van der Waals surface area contributed by atoms with E-state index in [-0.39, 0.29) is 12.8 Å². The number of hydrogen-bond acceptors (Lipinski definition) is 4. The van der Waals surface area contributed by atoms with Crippen molar-refractivity contribution in [2.75, 3.05) is 0 Å². The lowest BCUT2D eigenvalue weighted by Gasteiger charge is -2.08. The SMILES string of the molecule is CC(=COC(=O)CCC(=O)OC=C(C)Cc1ccc(C(C)C)cc1)Cc1ccc(C(C)C)cc1. The Balaban J connectivity index is 1.71. The molecule has 0 saturated carbocycles. The molecule has 0 atom stereocenters. The summed E-state index contributed by atoms with van der Waals surface area (Å²) in [4.78, 5) is 24.0. The predicted molar refractivity (Wildman–Crippen MR) is 137 cm³/mol. The van der Waals surface area contributed by atoms with E-state index in [9.17, 15) is 9.59 Å². The molecule has 0 aromatic heterocycles. The highest BCUT2D eigenvalue weighted by Gasteiger charge is 2.09. The van der Waals surface area contributed by atoms with Gasteiger partial charge in [-0.05, 0) is 71.9 Å². The van der Waals surface area contributed by atoms with E-state index < -0.39 is 11.9 Å². The van der Waals surface area contributed by atoms with Gasteiger partial charge in [0.2, 0.25) is 0 Å². The zero-order valence-corrected chi connectivity index (χ0v) is 21.4. The van der Waals surface area contributed by atoms with Crippen molar-refractivity contribution in [2.24, 2.45) is 0 Å². The summed E-state index contributed by atoms with van der Waals surface area (Å²) in [5, 5.41) is 0. The van der Waals surface area contributed by atoms with E-state index in [4.69, 9.17) is 9.47 Å². The van der Waals surface area contributed by atoms with Gasteiger partial charge >= 0.3 is 11.9 Å². The van der Waals surface area contributed by atoms with Crippen molar-refractivity contribution >= 4 is 11.9 Å². The molecule has 4 heteroatoms. The average molecular weight is 463 g/mol. The van der Waals surface area contributed by atoms with Crippen LogP contribution in [0.25, 0.3) is 0 Å². The number of allylic oxidation sites excluding steroid dienone is 2. The lowest BCUT2D eigenvalue weighted by Crippen LogP contribution is -2.07. The maximum atomic E-state index is 12.0. The van der Waals surface area contributed by atoms with Crippen LogP contribution >= 0.6 is 0 Å². The molecule has 2 rings (SSSR count). The average Bonchev–Trinajstić information content (AvgIpc) is 2.80. The summed E-state index contributed by atoms with van der Waals surface area (Å²) in [5.41, 5.74) is 6.80. The minimum absolute atomic E-state index is 0.0186. The summed E-state index contributed by atoms with van der Waals surface area (Å²) in [7, 11) is 0. The molecule has 2 aromatic rings. The normalized spacial score (nSPS) is 12.2. The van der Waals surface area contributed by atoms with Crippen LogP contribution in [-0.4, -0.2) is 11.9 Å². The molecule has 0 aliphatic rings. The molecule has 2 aromatic carbocycles. The molecule has 0 unspecified atom stereocenters. The second kappa shape index (κ2) is 13.5. The van der Waals surface area contributed by atoms with Crippen LogP contribution in [0, 0.1) is 0 Å². The molecule has 0 bridgehead atoms. The summed E-state index contributed by atoms with van der Waals surface area (Å²) in [5.74, 6) is 0.106. The third kappa shape index (κ3) is 9.78. The summed E-state index contributed by atoms with van der Waals surface area (Å²) >= 11 is 0. The second-order valence-corrected chi connectivity index (χ2v) is 9.55. The van der Waals surface area contributed by atoms with Gasteiger partial charge in [-0.2, -0.15) is 0 Å². The van der Waals surface area contributed by atoms with Crippen molar-refractivity contribution in [3.05, 3.63) is 94.5 Å². The summed E-state index contributed by atoms with van der Waals surface area (Å²) < 4.78 is 10.4. The Labute approximate surface area is 204 Å². The van der Waals surface area contributed by atoms with Gasteiger partial charge in [0.1, 0.15) is 0 Å². The number of carbonyl (C=O) groups is 2. The van der Waals surface area contributed by atoms with Gasteiger partial charge in [0.05, 0.1) is 25.4 Å². The Morgan fingerprint density at radius 3 is 1.26 bits per heavy atom. The van der Waals surface area contributed by atoms with Gasteiger partial charge in [0.15, 0.2) is 0 Å². The van der Waals surface area contributed by atoms with E-state index >= 15 is 0 Å². The topological polar surface area (TPSA) is 52.6 Å². The quantitative estimate of drug-likeness (QED) is 0.258. The number of esters is 2. The third-order valence-corrected chi connectivity index (χ3v) is 5.58. The van der Waals surface area contributed by atoms with Gasteiger partial charge in [-0.3, -0.25) is 9.59 Å². The Hall–Kier alpha value is -3.14. The summed E-state index contributed by atoms with van der Waals surface area (Å²) in [6.45, 7) is 12.5. The Bertz CT molecular complexity index is 910. The van der Waals surface area contributed by atoms with Crippen LogP contribution in [0.3, 0.4) is 0 Å². The van der Waals surface area contributed by atoms with Crippen LogP contribution in [0.1, 0.15) is 88.5 Å². The van der Waals surface area contributed by atoms with Gasteiger partial charge in [-0.25, -0.2) is 0 Å². The summed E-state index contributed by atoms with van der Waals surface area (Å²) in [6, 6.07) is 16.9. The van der Waals surface area contributed by atoms with E-state index in [1.807, 2.05) is 13.8 Å². The molecule has 0 N–H and O–H groups in total. The van der Waals surface area contributed by atoms with Crippen LogP contribution in [0.5, 0.6) is 0 Å². The van der Waals surface area contributed by atoms with Gasteiger partial charge < -0.3 is 9.47 Å². The van der Waals surface area contributed by atoms with Crippen molar-refractivity contribution in [3.8, 4) is 0 Å². The highest BCUT2D eigenvalue weighted by Crippen LogP contribution is 2.17. The van der Waals surface area contributed by atoms with Crippen molar-refractivity contribution in [1.82, 2.24) is 0 Å². The number of ether oxygens (including phenoxy) is 2. The maximum absolute atomic E-state index is 12.0. The molecular formula is C30H38O4. The minimum atomic E-state index is -0.447. The molecule has 0 aliphatic heterocycles. The van der Waals surface area contributed by atoms with Crippen molar-refractivity contribution in [3.63, 3.8) is 0 Å². The molecule has 0 fully saturated rings.